The van der Waals surface area contributed by atoms with Gasteiger partial charge in [0.15, 0.2) is 6.29 Å². The Labute approximate surface area is 300 Å². The van der Waals surface area contributed by atoms with Crippen molar-refractivity contribution in [1.29, 1.82) is 0 Å². The van der Waals surface area contributed by atoms with E-state index in [2.05, 4.69) is 25.7 Å². The third kappa shape index (κ3) is 36.6. The first kappa shape index (κ1) is 47.3. The molecule has 0 rings (SSSR count). The second kappa shape index (κ2) is 40.7. The second-order valence-electron chi connectivity index (χ2n) is 14.3. The van der Waals surface area contributed by atoms with Gasteiger partial charge < -0.3 is 24.2 Å². The van der Waals surface area contributed by atoms with Gasteiger partial charge in [-0.25, -0.2) is 0 Å². The molecule has 0 aromatic heterocycles. The van der Waals surface area contributed by atoms with Gasteiger partial charge in [-0.2, -0.15) is 0 Å². The molecule has 288 valence electrons. The molecule has 0 fully saturated rings. The Bertz CT molecular complexity index is 601. The molecule has 0 aliphatic rings. The zero-order valence-electron chi connectivity index (χ0n) is 32.8. The summed E-state index contributed by atoms with van der Waals surface area (Å²) < 4.78 is 17.8. The molecule has 0 unspecified atom stereocenters. The standard InChI is InChI=1S/C42H85NO5/c1-4-7-10-13-16-24-29-38-46-41(45)32-25-18-17-20-27-34-43(36-37-44)35-28-21-19-26-33-42(47-39-30-22-14-11-8-5-2)48-40-31-23-15-12-9-6-3/h42,44H,4-40H2,1-3H3. The summed E-state index contributed by atoms with van der Waals surface area (Å²) in [5, 5.41) is 9.57. The molecule has 0 saturated carbocycles. The largest absolute Gasteiger partial charge is 0.466 e. The average molecular weight is 684 g/mol. The van der Waals surface area contributed by atoms with Crippen LogP contribution in [-0.2, 0) is 19.0 Å². The lowest BCUT2D eigenvalue weighted by molar-refractivity contribution is -0.148. The van der Waals surface area contributed by atoms with Gasteiger partial charge in [0.2, 0.25) is 0 Å². The smallest absolute Gasteiger partial charge is 0.305 e. The Balaban J connectivity index is 3.97. The Kier molecular flexibility index (Phi) is 40.2. The van der Waals surface area contributed by atoms with E-state index in [0.717, 1.165) is 84.2 Å². The first-order chi connectivity index (χ1) is 23.7. The Morgan fingerprint density at radius 3 is 1.35 bits per heavy atom. The molecule has 0 saturated heterocycles. The van der Waals surface area contributed by atoms with E-state index >= 15 is 0 Å². The summed E-state index contributed by atoms with van der Waals surface area (Å²) in [7, 11) is 0. The zero-order chi connectivity index (χ0) is 35.0. The molecule has 0 aliphatic carbocycles. The third-order valence-electron chi connectivity index (χ3n) is 9.55. The normalized spacial score (nSPS) is 11.7. The number of nitrogens with zero attached hydrogens (tertiary/aromatic N) is 1. The van der Waals surface area contributed by atoms with E-state index in [0.29, 0.717) is 13.0 Å². The second-order valence-corrected chi connectivity index (χ2v) is 14.3. The molecular weight excluding hydrogens is 598 g/mol. The van der Waals surface area contributed by atoms with Crippen LogP contribution in [0.1, 0.15) is 213 Å². The minimum atomic E-state index is -0.0391. The van der Waals surface area contributed by atoms with Gasteiger partial charge in [-0.3, -0.25) is 4.79 Å². The fraction of sp³-hybridized carbons (Fsp3) is 0.976. The van der Waals surface area contributed by atoms with E-state index in [4.69, 9.17) is 14.2 Å². The lowest BCUT2D eigenvalue weighted by Crippen LogP contribution is -2.29. The summed E-state index contributed by atoms with van der Waals surface area (Å²) in [6.07, 6.45) is 36.0. The lowest BCUT2D eigenvalue weighted by atomic mass is 10.1. The molecule has 6 nitrogen and oxygen atoms in total. The zero-order valence-corrected chi connectivity index (χ0v) is 32.8. The fourth-order valence-corrected chi connectivity index (χ4v) is 6.34. The Hall–Kier alpha value is -0.690. The molecule has 0 aliphatic heterocycles. The molecule has 48 heavy (non-hydrogen) atoms. The van der Waals surface area contributed by atoms with Gasteiger partial charge >= 0.3 is 5.97 Å². The number of hydrogen-bond acceptors (Lipinski definition) is 6. The van der Waals surface area contributed by atoms with Gasteiger partial charge in [-0.15, -0.1) is 0 Å². The first-order valence-corrected chi connectivity index (χ1v) is 21.4. The van der Waals surface area contributed by atoms with Crippen molar-refractivity contribution in [3.8, 4) is 0 Å². The first-order valence-electron chi connectivity index (χ1n) is 21.4. The van der Waals surface area contributed by atoms with Crippen LogP contribution < -0.4 is 0 Å². The van der Waals surface area contributed by atoms with Gasteiger partial charge in [0.1, 0.15) is 0 Å². The SMILES string of the molecule is CCCCCCCCCOC(=O)CCCCCCCN(CCO)CCCCCCC(OCCCCCCCC)OCCCCCCCC. The van der Waals surface area contributed by atoms with E-state index in [1.54, 1.807) is 0 Å². The fourth-order valence-electron chi connectivity index (χ4n) is 6.34. The molecule has 0 amide bonds. The van der Waals surface area contributed by atoms with Gasteiger partial charge in [0, 0.05) is 26.2 Å². The maximum absolute atomic E-state index is 12.0. The average Bonchev–Trinajstić information content (AvgIpc) is 3.09. The summed E-state index contributed by atoms with van der Waals surface area (Å²) in [6.45, 7) is 12.2. The van der Waals surface area contributed by atoms with Crippen molar-refractivity contribution in [3.05, 3.63) is 0 Å². The summed E-state index contributed by atoms with van der Waals surface area (Å²) in [5.41, 5.74) is 0. The van der Waals surface area contributed by atoms with Gasteiger partial charge in [-0.1, -0.05) is 156 Å². The molecule has 6 heteroatoms. The van der Waals surface area contributed by atoms with Crippen LogP contribution in [0.5, 0.6) is 0 Å². The molecule has 0 atom stereocenters. The highest BCUT2D eigenvalue weighted by Gasteiger charge is 2.10. The number of unbranched alkanes of at least 4 members (excludes halogenated alkanes) is 23. The highest BCUT2D eigenvalue weighted by Crippen LogP contribution is 2.15. The number of carbonyl (C=O) groups excluding carboxylic acids is 1. The summed E-state index contributed by atoms with van der Waals surface area (Å²) >= 11 is 0. The molecule has 0 heterocycles. The molecule has 0 radical (unpaired) electrons. The van der Waals surface area contributed by atoms with Crippen molar-refractivity contribution < 1.29 is 24.1 Å². The van der Waals surface area contributed by atoms with Crippen LogP contribution >= 0.6 is 0 Å². The summed E-state index contributed by atoms with van der Waals surface area (Å²) in [4.78, 5) is 14.4. The molecule has 1 N–H and O–H groups in total. The Morgan fingerprint density at radius 1 is 0.479 bits per heavy atom. The minimum Gasteiger partial charge on any atom is -0.466 e. The molecule has 0 aromatic carbocycles. The number of ether oxygens (including phenoxy) is 3. The van der Waals surface area contributed by atoms with E-state index in [1.807, 2.05) is 0 Å². The topological polar surface area (TPSA) is 68.2 Å². The predicted molar refractivity (Wildman–Crippen MR) is 206 cm³/mol. The lowest BCUT2D eigenvalue weighted by Gasteiger charge is -2.21. The van der Waals surface area contributed by atoms with Gasteiger partial charge in [0.25, 0.3) is 0 Å². The van der Waals surface area contributed by atoms with Crippen LogP contribution in [0.4, 0.5) is 0 Å². The quantitative estimate of drug-likeness (QED) is 0.0393. The molecule has 0 aromatic rings. The van der Waals surface area contributed by atoms with Crippen molar-refractivity contribution in [1.82, 2.24) is 4.90 Å². The monoisotopic (exact) mass is 684 g/mol. The maximum atomic E-state index is 12.0. The van der Waals surface area contributed by atoms with Gasteiger partial charge in [-0.05, 0) is 64.5 Å². The van der Waals surface area contributed by atoms with Crippen molar-refractivity contribution in [2.24, 2.45) is 0 Å². The van der Waals surface area contributed by atoms with Crippen molar-refractivity contribution in [2.75, 3.05) is 46.1 Å². The van der Waals surface area contributed by atoms with Gasteiger partial charge in [0.05, 0.1) is 13.2 Å². The Morgan fingerprint density at radius 2 is 0.875 bits per heavy atom. The third-order valence-corrected chi connectivity index (χ3v) is 9.55. The number of rotatable bonds is 41. The predicted octanol–water partition coefficient (Wildman–Crippen LogP) is 11.9. The van der Waals surface area contributed by atoms with Crippen LogP contribution in [0.2, 0.25) is 0 Å². The van der Waals surface area contributed by atoms with Crippen LogP contribution in [0, 0.1) is 0 Å². The molecule has 0 spiro atoms. The number of esters is 1. The highest BCUT2D eigenvalue weighted by atomic mass is 16.7. The number of hydrogen-bond donors (Lipinski definition) is 1. The van der Waals surface area contributed by atoms with E-state index in [-0.39, 0.29) is 18.9 Å². The van der Waals surface area contributed by atoms with Crippen molar-refractivity contribution in [2.45, 2.75) is 220 Å². The molecule has 0 bridgehead atoms. The highest BCUT2D eigenvalue weighted by molar-refractivity contribution is 5.69. The summed E-state index contributed by atoms with van der Waals surface area (Å²) in [6, 6.07) is 0. The number of aliphatic hydroxyl groups is 1. The van der Waals surface area contributed by atoms with E-state index in [1.165, 1.54) is 135 Å². The van der Waals surface area contributed by atoms with E-state index in [9.17, 15) is 9.90 Å². The molecular formula is C42H85NO5. The van der Waals surface area contributed by atoms with Crippen LogP contribution in [0.15, 0.2) is 0 Å². The maximum Gasteiger partial charge on any atom is 0.305 e. The van der Waals surface area contributed by atoms with Crippen LogP contribution in [0.25, 0.3) is 0 Å². The van der Waals surface area contributed by atoms with Crippen LogP contribution in [-0.4, -0.2) is 68.3 Å². The number of aliphatic hydroxyl groups excluding tert-OH is 1. The number of carbonyl (C=O) groups is 1. The van der Waals surface area contributed by atoms with E-state index < -0.39 is 0 Å². The summed E-state index contributed by atoms with van der Waals surface area (Å²) in [5.74, 6) is -0.0213. The van der Waals surface area contributed by atoms with Crippen molar-refractivity contribution in [3.63, 3.8) is 0 Å². The minimum absolute atomic E-state index is 0.0213. The van der Waals surface area contributed by atoms with Crippen LogP contribution in [0.3, 0.4) is 0 Å². The van der Waals surface area contributed by atoms with Crippen molar-refractivity contribution >= 4 is 5.97 Å².